The maximum atomic E-state index is 12.5. The summed E-state index contributed by atoms with van der Waals surface area (Å²) < 4.78 is 5.75. The van der Waals surface area contributed by atoms with Gasteiger partial charge in [0.1, 0.15) is 5.60 Å². The van der Waals surface area contributed by atoms with Crippen LogP contribution in [-0.4, -0.2) is 23.0 Å². The molecule has 2 N–H and O–H groups in total. The zero-order valence-electron chi connectivity index (χ0n) is 10.8. The molecule has 4 heteroatoms. The molecule has 0 unspecified atom stereocenters. The van der Waals surface area contributed by atoms with Gasteiger partial charge in [-0.2, -0.15) is 0 Å². The van der Waals surface area contributed by atoms with E-state index in [0.717, 1.165) is 31.2 Å². The van der Waals surface area contributed by atoms with Crippen LogP contribution in [0.15, 0.2) is 18.5 Å². The van der Waals surface area contributed by atoms with E-state index in [1.165, 1.54) is 0 Å². The van der Waals surface area contributed by atoms with E-state index in [4.69, 9.17) is 10.5 Å². The van der Waals surface area contributed by atoms with Crippen molar-refractivity contribution in [1.29, 1.82) is 0 Å². The van der Waals surface area contributed by atoms with E-state index in [-0.39, 0.29) is 5.78 Å². The number of pyridine rings is 1. The molecule has 1 aromatic rings. The molecule has 1 aliphatic carbocycles. The third-order valence-corrected chi connectivity index (χ3v) is 3.63. The highest BCUT2D eigenvalue weighted by Crippen LogP contribution is 2.35. The first-order valence-electron chi connectivity index (χ1n) is 6.53. The standard InChI is InChI=1S/C14H20N2O2/c1-2-18-14(6-3-4-7-14)13(17)9-11-10-16-8-5-12(11)15/h5,8,10H,2-4,6-7,9H2,1H3,(H2,15,16). The summed E-state index contributed by atoms with van der Waals surface area (Å²) in [5, 5.41) is 0. The third-order valence-electron chi connectivity index (χ3n) is 3.63. The summed E-state index contributed by atoms with van der Waals surface area (Å²) in [7, 11) is 0. The van der Waals surface area contributed by atoms with E-state index in [0.29, 0.717) is 18.7 Å². The Morgan fingerprint density at radius 1 is 1.50 bits per heavy atom. The van der Waals surface area contributed by atoms with Crippen molar-refractivity contribution in [2.45, 2.75) is 44.6 Å². The minimum absolute atomic E-state index is 0.140. The summed E-state index contributed by atoms with van der Waals surface area (Å²) in [6.07, 6.45) is 7.42. The molecule has 1 aliphatic rings. The minimum Gasteiger partial charge on any atom is -0.398 e. The lowest BCUT2D eigenvalue weighted by Crippen LogP contribution is -2.40. The van der Waals surface area contributed by atoms with Crippen LogP contribution in [0.5, 0.6) is 0 Å². The lowest BCUT2D eigenvalue weighted by Gasteiger charge is -2.27. The number of ether oxygens (including phenoxy) is 1. The summed E-state index contributed by atoms with van der Waals surface area (Å²) in [6.45, 7) is 2.51. The maximum Gasteiger partial charge on any atom is 0.169 e. The Morgan fingerprint density at radius 2 is 2.22 bits per heavy atom. The predicted octanol–water partition coefficient (Wildman–Crippen LogP) is 2.12. The van der Waals surface area contributed by atoms with Gasteiger partial charge in [-0.25, -0.2) is 0 Å². The molecule has 18 heavy (non-hydrogen) atoms. The van der Waals surface area contributed by atoms with Crippen molar-refractivity contribution in [2.24, 2.45) is 0 Å². The zero-order valence-corrected chi connectivity index (χ0v) is 10.8. The van der Waals surface area contributed by atoms with Crippen LogP contribution in [0.4, 0.5) is 5.69 Å². The molecule has 2 rings (SSSR count). The molecule has 0 aliphatic heterocycles. The number of aromatic nitrogens is 1. The van der Waals surface area contributed by atoms with E-state index < -0.39 is 5.60 Å². The van der Waals surface area contributed by atoms with Gasteiger partial charge in [0, 0.05) is 36.7 Å². The van der Waals surface area contributed by atoms with Gasteiger partial charge in [-0.3, -0.25) is 9.78 Å². The van der Waals surface area contributed by atoms with Crippen LogP contribution in [0, 0.1) is 0 Å². The van der Waals surface area contributed by atoms with Crippen LogP contribution in [0.2, 0.25) is 0 Å². The van der Waals surface area contributed by atoms with Gasteiger partial charge in [-0.15, -0.1) is 0 Å². The van der Waals surface area contributed by atoms with Gasteiger partial charge in [-0.05, 0) is 38.7 Å². The topological polar surface area (TPSA) is 65.2 Å². The van der Waals surface area contributed by atoms with Gasteiger partial charge in [0.15, 0.2) is 5.78 Å². The Bertz CT molecular complexity index is 426. The van der Waals surface area contributed by atoms with Gasteiger partial charge in [-0.1, -0.05) is 0 Å². The molecule has 0 aromatic carbocycles. The molecular weight excluding hydrogens is 228 g/mol. The number of carbonyl (C=O) groups is 1. The largest absolute Gasteiger partial charge is 0.398 e. The van der Waals surface area contributed by atoms with Gasteiger partial charge in [0.2, 0.25) is 0 Å². The van der Waals surface area contributed by atoms with Crippen LogP contribution in [0.1, 0.15) is 38.2 Å². The van der Waals surface area contributed by atoms with Crippen molar-refractivity contribution in [2.75, 3.05) is 12.3 Å². The highest BCUT2D eigenvalue weighted by Gasteiger charge is 2.41. The van der Waals surface area contributed by atoms with E-state index >= 15 is 0 Å². The second-order valence-corrected chi connectivity index (χ2v) is 4.81. The highest BCUT2D eigenvalue weighted by atomic mass is 16.5. The number of ketones is 1. The highest BCUT2D eigenvalue weighted by molar-refractivity contribution is 5.90. The molecular formula is C14H20N2O2. The molecule has 98 valence electrons. The predicted molar refractivity (Wildman–Crippen MR) is 70.2 cm³/mol. The van der Waals surface area contributed by atoms with Crippen LogP contribution in [-0.2, 0) is 16.0 Å². The summed E-state index contributed by atoms with van der Waals surface area (Å²) in [5.41, 5.74) is 6.71. The maximum absolute atomic E-state index is 12.5. The van der Waals surface area contributed by atoms with E-state index in [9.17, 15) is 4.79 Å². The first-order valence-corrected chi connectivity index (χ1v) is 6.53. The Labute approximate surface area is 108 Å². The van der Waals surface area contributed by atoms with Crippen LogP contribution in [0.25, 0.3) is 0 Å². The molecule has 0 atom stereocenters. The summed E-state index contributed by atoms with van der Waals surface area (Å²) in [5.74, 6) is 0.140. The van der Waals surface area contributed by atoms with Crippen molar-refractivity contribution in [3.05, 3.63) is 24.0 Å². The third kappa shape index (κ3) is 2.53. The SMILES string of the molecule is CCOC1(C(=O)Cc2cnccc2N)CCCC1. The van der Waals surface area contributed by atoms with E-state index in [2.05, 4.69) is 4.98 Å². The smallest absolute Gasteiger partial charge is 0.169 e. The fourth-order valence-electron chi connectivity index (χ4n) is 2.65. The molecule has 0 amide bonds. The number of nitrogens with two attached hydrogens (primary N) is 1. The number of carbonyl (C=O) groups excluding carboxylic acids is 1. The molecule has 0 radical (unpaired) electrons. The summed E-state index contributed by atoms with van der Waals surface area (Å²) >= 11 is 0. The van der Waals surface area contributed by atoms with Crippen molar-refractivity contribution in [3.8, 4) is 0 Å². The minimum atomic E-state index is -0.572. The number of rotatable bonds is 5. The van der Waals surface area contributed by atoms with Crippen molar-refractivity contribution < 1.29 is 9.53 Å². The van der Waals surface area contributed by atoms with Gasteiger partial charge in [0.05, 0.1) is 0 Å². The molecule has 1 saturated carbocycles. The van der Waals surface area contributed by atoms with Gasteiger partial charge >= 0.3 is 0 Å². The first-order chi connectivity index (χ1) is 8.68. The van der Waals surface area contributed by atoms with Crippen molar-refractivity contribution in [3.63, 3.8) is 0 Å². The zero-order chi connectivity index (χ0) is 13.0. The fourth-order valence-corrected chi connectivity index (χ4v) is 2.65. The quantitative estimate of drug-likeness (QED) is 0.866. The van der Waals surface area contributed by atoms with Crippen LogP contribution >= 0.6 is 0 Å². The Hall–Kier alpha value is -1.42. The monoisotopic (exact) mass is 248 g/mol. The number of hydrogen-bond acceptors (Lipinski definition) is 4. The molecule has 0 saturated heterocycles. The van der Waals surface area contributed by atoms with E-state index in [1.54, 1.807) is 18.5 Å². The molecule has 1 fully saturated rings. The van der Waals surface area contributed by atoms with E-state index in [1.807, 2.05) is 6.92 Å². The van der Waals surface area contributed by atoms with Crippen molar-refractivity contribution >= 4 is 11.5 Å². The number of nitrogen functional groups attached to an aromatic ring is 1. The second-order valence-electron chi connectivity index (χ2n) is 4.81. The number of Topliss-reactive ketones (excluding diaryl/α,β-unsaturated/α-hetero) is 1. The lowest BCUT2D eigenvalue weighted by molar-refractivity contribution is -0.142. The summed E-state index contributed by atoms with van der Waals surface area (Å²) in [6, 6.07) is 1.73. The average Bonchev–Trinajstić information content (AvgIpc) is 2.82. The van der Waals surface area contributed by atoms with Crippen LogP contribution < -0.4 is 5.73 Å². The summed E-state index contributed by atoms with van der Waals surface area (Å²) in [4.78, 5) is 16.5. The number of anilines is 1. The Kier molecular flexibility index (Phi) is 3.97. The molecule has 1 aromatic heterocycles. The Morgan fingerprint density at radius 3 is 2.83 bits per heavy atom. The molecule has 0 spiro atoms. The number of hydrogen-bond donors (Lipinski definition) is 1. The van der Waals surface area contributed by atoms with Crippen molar-refractivity contribution in [1.82, 2.24) is 4.98 Å². The lowest BCUT2D eigenvalue weighted by atomic mass is 9.91. The molecule has 0 bridgehead atoms. The Balaban J connectivity index is 2.13. The average molecular weight is 248 g/mol. The number of nitrogens with zero attached hydrogens (tertiary/aromatic N) is 1. The normalized spacial score (nSPS) is 17.8. The van der Waals surface area contributed by atoms with Gasteiger partial charge < -0.3 is 10.5 Å². The second kappa shape index (κ2) is 5.48. The molecule has 4 nitrogen and oxygen atoms in total. The fraction of sp³-hybridized carbons (Fsp3) is 0.571. The molecule has 1 heterocycles. The van der Waals surface area contributed by atoms with Gasteiger partial charge in [0.25, 0.3) is 0 Å². The first kappa shape index (κ1) is 13.0. The van der Waals surface area contributed by atoms with Crippen LogP contribution in [0.3, 0.4) is 0 Å².